The predicted octanol–water partition coefficient (Wildman–Crippen LogP) is 4.59. The first kappa shape index (κ1) is 21.0. The first-order valence-electron chi connectivity index (χ1n) is 11.5. The topological polar surface area (TPSA) is 68.8 Å². The van der Waals surface area contributed by atoms with E-state index in [1.165, 1.54) is 46.9 Å². The number of hydrogen-bond donors (Lipinski definition) is 2. The maximum atomic E-state index is 11.3. The number of methoxy groups -OCH3 is 1. The molecule has 2 aliphatic rings. The van der Waals surface area contributed by atoms with Crippen molar-refractivity contribution in [3.8, 4) is 5.75 Å². The lowest BCUT2D eigenvalue weighted by Gasteiger charge is -2.48. The van der Waals surface area contributed by atoms with Gasteiger partial charge in [-0.25, -0.2) is 4.79 Å². The third kappa shape index (κ3) is 3.78. The summed E-state index contributed by atoms with van der Waals surface area (Å²) in [4.78, 5) is 19.9. The lowest BCUT2D eigenvalue weighted by Crippen LogP contribution is -2.55. The van der Waals surface area contributed by atoms with Gasteiger partial charge in [0.2, 0.25) is 0 Å². The van der Waals surface area contributed by atoms with E-state index >= 15 is 0 Å². The number of piperidine rings is 1. The first-order chi connectivity index (χ1) is 15.5. The van der Waals surface area contributed by atoms with Gasteiger partial charge in [-0.05, 0) is 61.7 Å². The molecule has 2 aromatic carbocycles. The van der Waals surface area contributed by atoms with Crippen LogP contribution in [0.15, 0.2) is 42.6 Å². The molecule has 2 fully saturated rings. The van der Waals surface area contributed by atoms with Crippen LogP contribution in [-0.2, 0) is 6.54 Å². The van der Waals surface area contributed by atoms with Gasteiger partial charge in [0.1, 0.15) is 5.75 Å². The van der Waals surface area contributed by atoms with Crippen LogP contribution in [0.1, 0.15) is 52.4 Å². The highest BCUT2D eigenvalue weighted by atomic mass is 16.5. The Kier molecular flexibility index (Phi) is 5.66. The highest BCUT2D eigenvalue weighted by Gasteiger charge is 2.36. The Labute approximate surface area is 188 Å². The fourth-order valence-corrected chi connectivity index (χ4v) is 5.57. The van der Waals surface area contributed by atoms with Crippen molar-refractivity contribution in [2.24, 2.45) is 0 Å². The number of benzene rings is 2. The summed E-state index contributed by atoms with van der Waals surface area (Å²) in [7, 11) is 1.75. The molecule has 6 nitrogen and oxygen atoms in total. The van der Waals surface area contributed by atoms with Crippen molar-refractivity contribution < 1.29 is 14.6 Å². The smallest absolute Gasteiger partial charge is 0.335 e. The molecule has 0 spiro atoms. The standard InChI is InChI=1S/C26H31N3O3/c1-17-13-24(32-2)22(21-10-11-27-25(17)21)15-29-14-20-5-3-4-12-28(20)16-23(29)18-6-8-19(9-7-18)26(30)31/h6-11,13,20,23,27H,3-5,12,14-16H2,1-2H3,(H,30,31)/t20-,23?/m0/s1. The van der Waals surface area contributed by atoms with Crippen molar-refractivity contribution in [2.75, 3.05) is 26.7 Å². The Balaban J connectivity index is 1.52. The number of rotatable bonds is 5. The average molecular weight is 434 g/mol. The van der Waals surface area contributed by atoms with Crippen LogP contribution in [0.25, 0.3) is 10.9 Å². The molecular formula is C26H31N3O3. The molecule has 5 rings (SSSR count). The number of carboxylic acids is 1. The van der Waals surface area contributed by atoms with Gasteiger partial charge in [-0.3, -0.25) is 9.80 Å². The lowest BCUT2D eigenvalue weighted by atomic mass is 9.92. The highest BCUT2D eigenvalue weighted by molar-refractivity contribution is 5.88. The molecule has 6 heteroatoms. The van der Waals surface area contributed by atoms with E-state index in [1.54, 1.807) is 19.2 Å². The van der Waals surface area contributed by atoms with Crippen LogP contribution < -0.4 is 4.74 Å². The first-order valence-corrected chi connectivity index (χ1v) is 11.5. The zero-order chi connectivity index (χ0) is 22.2. The fraction of sp³-hybridized carbons (Fsp3) is 0.423. The summed E-state index contributed by atoms with van der Waals surface area (Å²) in [5.74, 6) is 0.0491. The number of ether oxygens (including phenoxy) is 1. The number of aryl methyl sites for hydroxylation is 1. The van der Waals surface area contributed by atoms with Gasteiger partial charge in [0.15, 0.2) is 0 Å². The summed E-state index contributed by atoms with van der Waals surface area (Å²) in [6.45, 7) is 6.04. The third-order valence-electron chi connectivity index (χ3n) is 7.28. The van der Waals surface area contributed by atoms with Crippen LogP contribution in [-0.4, -0.2) is 58.6 Å². The van der Waals surface area contributed by atoms with Crippen LogP contribution in [0.2, 0.25) is 0 Å². The van der Waals surface area contributed by atoms with Gasteiger partial charge in [0.05, 0.1) is 12.7 Å². The van der Waals surface area contributed by atoms with Gasteiger partial charge in [-0.1, -0.05) is 18.6 Å². The predicted molar refractivity (Wildman–Crippen MR) is 125 cm³/mol. The van der Waals surface area contributed by atoms with Crippen LogP contribution >= 0.6 is 0 Å². The van der Waals surface area contributed by atoms with E-state index in [1.807, 2.05) is 18.3 Å². The zero-order valence-corrected chi connectivity index (χ0v) is 18.8. The van der Waals surface area contributed by atoms with Crippen LogP contribution in [0.5, 0.6) is 5.75 Å². The van der Waals surface area contributed by atoms with Crippen molar-refractivity contribution in [1.29, 1.82) is 0 Å². The molecule has 168 valence electrons. The van der Waals surface area contributed by atoms with Gasteiger partial charge >= 0.3 is 5.97 Å². The second-order valence-corrected chi connectivity index (χ2v) is 9.16. The van der Waals surface area contributed by atoms with E-state index in [9.17, 15) is 9.90 Å². The molecule has 3 heterocycles. The number of aromatic nitrogens is 1. The maximum Gasteiger partial charge on any atom is 0.335 e. The number of carbonyl (C=O) groups is 1. The lowest BCUT2D eigenvalue weighted by molar-refractivity contribution is 0.00341. The van der Waals surface area contributed by atoms with Crippen molar-refractivity contribution in [3.05, 3.63) is 64.8 Å². The van der Waals surface area contributed by atoms with E-state index in [4.69, 9.17) is 4.74 Å². The minimum absolute atomic E-state index is 0.215. The number of aromatic amines is 1. The van der Waals surface area contributed by atoms with E-state index in [-0.39, 0.29) is 6.04 Å². The number of nitrogens with one attached hydrogen (secondary N) is 1. The SMILES string of the molecule is COc1cc(C)c2[nH]ccc2c1CN1C[C@@H]2CCCCN2CC1c1ccc(C(=O)O)cc1. The Morgan fingerprint density at radius 2 is 2.00 bits per heavy atom. The Hall–Kier alpha value is -2.83. The number of H-pyrrole nitrogens is 1. The van der Waals surface area contributed by atoms with Gasteiger partial charge in [-0.2, -0.15) is 0 Å². The molecule has 0 aliphatic carbocycles. The molecule has 0 radical (unpaired) electrons. The molecule has 32 heavy (non-hydrogen) atoms. The maximum absolute atomic E-state index is 11.3. The zero-order valence-electron chi connectivity index (χ0n) is 18.8. The second kappa shape index (κ2) is 8.60. The number of piperazine rings is 1. The van der Waals surface area contributed by atoms with E-state index in [0.717, 1.165) is 31.9 Å². The largest absolute Gasteiger partial charge is 0.496 e. The number of hydrogen-bond acceptors (Lipinski definition) is 4. The molecular weight excluding hydrogens is 402 g/mol. The monoisotopic (exact) mass is 433 g/mol. The summed E-state index contributed by atoms with van der Waals surface area (Å²) in [5.41, 5.74) is 5.07. The van der Waals surface area contributed by atoms with Gasteiger partial charge in [0.25, 0.3) is 0 Å². The van der Waals surface area contributed by atoms with Crippen molar-refractivity contribution in [3.63, 3.8) is 0 Å². The average Bonchev–Trinajstić information content (AvgIpc) is 3.31. The molecule has 2 atom stereocenters. The quantitative estimate of drug-likeness (QED) is 0.616. The van der Waals surface area contributed by atoms with E-state index < -0.39 is 5.97 Å². The molecule has 2 N–H and O–H groups in total. The summed E-state index contributed by atoms with van der Waals surface area (Å²) in [5, 5.41) is 10.5. The molecule has 0 saturated carbocycles. The van der Waals surface area contributed by atoms with Crippen LogP contribution in [0.3, 0.4) is 0 Å². The van der Waals surface area contributed by atoms with Crippen molar-refractivity contribution in [2.45, 2.75) is 44.8 Å². The van der Waals surface area contributed by atoms with Gasteiger partial charge < -0.3 is 14.8 Å². The summed E-state index contributed by atoms with van der Waals surface area (Å²) in [6.07, 6.45) is 5.80. The van der Waals surface area contributed by atoms with Crippen LogP contribution in [0.4, 0.5) is 0 Å². The summed E-state index contributed by atoms with van der Waals surface area (Å²) >= 11 is 0. The molecule has 2 saturated heterocycles. The highest BCUT2D eigenvalue weighted by Crippen LogP contribution is 2.37. The molecule has 1 aromatic heterocycles. The normalized spacial score (nSPS) is 22.1. The van der Waals surface area contributed by atoms with Gasteiger partial charge in [0, 0.05) is 54.4 Å². The molecule has 2 aliphatic heterocycles. The molecule has 0 amide bonds. The molecule has 0 bridgehead atoms. The van der Waals surface area contributed by atoms with E-state index in [0.29, 0.717) is 11.6 Å². The minimum atomic E-state index is -0.882. The third-order valence-corrected chi connectivity index (χ3v) is 7.28. The summed E-state index contributed by atoms with van der Waals surface area (Å²) < 4.78 is 5.82. The number of carboxylic acid groups (broad SMARTS) is 1. The number of aromatic carboxylic acids is 1. The Bertz CT molecular complexity index is 1120. The summed E-state index contributed by atoms with van der Waals surface area (Å²) in [6, 6.07) is 12.5. The Morgan fingerprint density at radius 1 is 1.19 bits per heavy atom. The Morgan fingerprint density at radius 3 is 2.75 bits per heavy atom. The fourth-order valence-electron chi connectivity index (χ4n) is 5.57. The van der Waals surface area contributed by atoms with E-state index in [2.05, 4.69) is 33.8 Å². The minimum Gasteiger partial charge on any atom is -0.496 e. The van der Waals surface area contributed by atoms with Gasteiger partial charge in [-0.15, -0.1) is 0 Å². The number of nitrogens with zero attached hydrogens (tertiary/aromatic N) is 2. The second-order valence-electron chi connectivity index (χ2n) is 9.16. The molecule has 1 unspecified atom stereocenters. The van der Waals surface area contributed by atoms with Crippen molar-refractivity contribution >= 4 is 16.9 Å². The van der Waals surface area contributed by atoms with Crippen LogP contribution in [0, 0.1) is 6.92 Å². The van der Waals surface area contributed by atoms with Crippen molar-refractivity contribution in [1.82, 2.24) is 14.8 Å². The number of fused-ring (bicyclic) bond motifs is 2. The molecule has 3 aromatic rings.